The van der Waals surface area contributed by atoms with E-state index in [1.54, 1.807) is 0 Å². The van der Waals surface area contributed by atoms with Gasteiger partial charge in [-0.25, -0.2) is 0 Å². The molecule has 0 bridgehead atoms. The molecule has 1 aromatic heterocycles. The number of nitrogens with one attached hydrogen (secondary N) is 1. The van der Waals surface area contributed by atoms with E-state index in [4.69, 9.17) is 0 Å². The molecule has 0 atom stereocenters. The van der Waals surface area contributed by atoms with Gasteiger partial charge in [-0.1, -0.05) is 12.8 Å². The number of hydrogen-bond donors (Lipinski definition) is 1. The predicted molar refractivity (Wildman–Crippen MR) is 66.7 cm³/mol. The first-order valence-electron chi connectivity index (χ1n) is 6.19. The summed E-state index contributed by atoms with van der Waals surface area (Å²) in [6.07, 6.45) is 7.37. The molecule has 2 rings (SSSR count). The van der Waals surface area contributed by atoms with E-state index in [0.717, 1.165) is 18.9 Å². The summed E-state index contributed by atoms with van der Waals surface area (Å²) in [4.78, 5) is 2.17. The molecule has 16 heavy (non-hydrogen) atoms. The maximum atomic E-state index is 4.52. The molecule has 0 aromatic carbocycles. The zero-order valence-electron chi connectivity index (χ0n) is 10.3. The first kappa shape index (κ1) is 11.5. The second kappa shape index (κ2) is 5.34. The van der Waals surface area contributed by atoms with Crippen LogP contribution >= 0.6 is 0 Å². The highest BCUT2D eigenvalue weighted by Gasteiger charge is 2.15. The summed E-state index contributed by atoms with van der Waals surface area (Å²) < 4.78 is 2.01. The molecular weight excluding hydrogens is 200 g/mol. The lowest BCUT2D eigenvalue weighted by Gasteiger charge is -2.11. The summed E-state index contributed by atoms with van der Waals surface area (Å²) in [5.74, 6) is 1.03. The second-order valence-electron chi connectivity index (χ2n) is 4.89. The highest BCUT2D eigenvalue weighted by Crippen LogP contribution is 2.21. The maximum Gasteiger partial charge on any atom is 0.148 e. The van der Waals surface area contributed by atoms with Crippen LogP contribution in [0.2, 0.25) is 0 Å². The minimum Gasteiger partial charge on any atom is -0.366 e. The Morgan fingerprint density at radius 2 is 2.19 bits per heavy atom. The summed E-state index contributed by atoms with van der Waals surface area (Å²) in [6, 6.07) is 2.73. The van der Waals surface area contributed by atoms with E-state index in [9.17, 15) is 0 Å². The number of nitrogens with zero attached hydrogens (tertiary/aromatic N) is 3. The molecule has 0 saturated heterocycles. The van der Waals surface area contributed by atoms with Crippen molar-refractivity contribution in [2.75, 3.05) is 26.0 Å². The molecule has 1 N–H and O–H groups in total. The molecule has 1 aromatic rings. The van der Waals surface area contributed by atoms with Crippen molar-refractivity contribution in [2.45, 2.75) is 38.3 Å². The van der Waals surface area contributed by atoms with Crippen molar-refractivity contribution in [1.29, 1.82) is 0 Å². The predicted octanol–water partition coefficient (Wildman–Crippen LogP) is 1.80. The van der Waals surface area contributed by atoms with Crippen molar-refractivity contribution >= 4 is 5.82 Å². The van der Waals surface area contributed by atoms with E-state index in [0.29, 0.717) is 6.04 Å². The molecule has 0 spiro atoms. The molecule has 0 unspecified atom stereocenters. The maximum absolute atomic E-state index is 4.52. The monoisotopic (exact) mass is 222 g/mol. The first-order chi connectivity index (χ1) is 7.74. The van der Waals surface area contributed by atoms with Gasteiger partial charge in [-0.3, -0.25) is 4.68 Å². The van der Waals surface area contributed by atoms with Gasteiger partial charge in [-0.05, 0) is 26.9 Å². The van der Waals surface area contributed by atoms with Crippen molar-refractivity contribution in [2.24, 2.45) is 0 Å². The standard InChI is InChI=1S/C12H22N4/c1-15(2)9-10-16-8-7-12(14-16)13-11-5-3-4-6-11/h7-8,11H,3-6,9-10H2,1-2H3,(H,13,14). The van der Waals surface area contributed by atoms with Crippen molar-refractivity contribution < 1.29 is 0 Å². The lowest BCUT2D eigenvalue weighted by atomic mass is 10.2. The average molecular weight is 222 g/mol. The smallest absolute Gasteiger partial charge is 0.148 e. The highest BCUT2D eigenvalue weighted by atomic mass is 15.3. The molecular formula is C12H22N4. The zero-order chi connectivity index (χ0) is 11.4. The Labute approximate surface area is 97.6 Å². The molecule has 4 nitrogen and oxygen atoms in total. The highest BCUT2D eigenvalue weighted by molar-refractivity contribution is 5.33. The Kier molecular flexibility index (Phi) is 3.83. The average Bonchev–Trinajstić information content (AvgIpc) is 2.87. The second-order valence-corrected chi connectivity index (χ2v) is 4.89. The summed E-state index contributed by atoms with van der Waals surface area (Å²) in [5, 5.41) is 8.03. The Morgan fingerprint density at radius 3 is 2.88 bits per heavy atom. The normalized spacial score (nSPS) is 17.2. The molecule has 1 heterocycles. The van der Waals surface area contributed by atoms with Crippen LogP contribution < -0.4 is 5.32 Å². The number of rotatable bonds is 5. The fraction of sp³-hybridized carbons (Fsp3) is 0.750. The van der Waals surface area contributed by atoms with Gasteiger partial charge in [0.2, 0.25) is 0 Å². The molecule has 4 heteroatoms. The van der Waals surface area contributed by atoms with Crippen LogP contribution in [0.1, 0.15) is 25.7 Å². The zero-order valence-corrected chi connectivity index (χ0v) is 10.3. The Balaban J connectivity index is 1.81. The van der Waals surface area contributed by atoms with E-state index < -0.39 is 0 Å². The van der Waals surface area contributed by atoms with Crippen LogP contribution in [0.3, 0.4) is 0 Å². The lowest BCUT2D eigenvalue weighted by Crippen LogP contribution is -2.19. The number of hydrogen-bond acceptors (Lipinski definition) is 3. The third kappa shape index (κ3) is 3.23. The van der Waals surface area contributed by atoms with E-state index in [1.165, 1.54) is 25.7 Å². The summed E-state index contributed by atoms with van der Waals surface area (Å²) in [7, 11) is 4.17. The van der Waals surface area contributed by atoms with Crippen LogP contribution in [0.25, 0.3) is 0 Å². The SMILES string of the molecule is CN(C)CCn1ccc(NC2CCCC2)n1. The molecule has 0 radical (unpaired) electrons. The van der Waals surface area contributed by atoms with Gasteiger partial charge in [0.05, 0.1) is 6.54 Å². The van der Waals surface area contributed by atoms with Crippen LogP contribution in [-0.4, -0.2) is 41.4 Å². The van der Waals surface area contributed by atoms with Crippen molar-refractivity contribution in [1.82, 2.24) is 14.7 Å². The van der Waals surface area contributed by atoms with E-state index >= 15 is 0 Å². The number of anilines is 1. The minimum atomic E-state index is 0.650. The summed E-state index contributed by atoms with van der Waals surface area (Å²) in [5.41, 5.74) is 0. The van der Waals surface area contributed by atoms with Crippen LogP contribution in [-0.2, 0) is 6.54 Å². The van der Waals surface area contributed by atoms with Crippen molar-refractivity contribution in [3.05, 3.63) is 12.3 Å². The van der Waals surface area contributed by atoms with Gasteiger partial charge >= 0.3 is 0 Å². The summed E-state index contributed by atoms with van der Waals surface area (Å²) in [6.45, 7) is 1.99. The summed E-state index contributed by atoms with van der Waals surface area (Å²) >= 11 is 0. The van der Waals surface area contributed by atoms with Crippen molar-refractivity contribution in [3.63, 3.8) is 0 Å². The molecule has 1 fully saturated rings. The topological polar surface area (TPSA) is 33.1 Å². The molecule has 0 amide bonds. The Hall–Kier alpha value is -1.03. The van der Waals surface area contributed by atoms with Crippen molar-refractivity contribution in [3.8, 4) is 0 Å². The van der Waals surface area contributed by atoms with E-state index in [1.807, 2.05) is 4.68 Å². The van der Waals surface area contributed by atoms with Crippen LogP contribution in [0.5, 0.6) is 0 Å². The third-order valence-corrected chi connectivity index (χ3v) is 3.12. The van der Waals surface area contributed by atoms with Gasteiger partial charge in [-0.15, -0.1) is 0 Å². The van der Waals surface area contributed by atoms with E-state index in [-0.39, 0.29) is 0 Å². The van der Waals surface area contributed by atoms with Gasteiger partial charge < -0.3 is 10.2 Å². The van der Waals surface area contributed by atoms with Gasteiger partial charge in [-0.2, -0.15) is 5.10 Å². The van der Waals surface area contributed by atoms with Gasteiger partial charge in [0.1, 0.15) is 5.82 Å². The van der Waals surface area contributed by atoms with Crippen LogP contribution in [0.15, 0.2) is 12.3 Å². The lowest BCUT2D eigenvalue weighted by molar-refractivity contribution is 0.373. The largest absolute Gasteiger partial charge is 0.366 e. The van der Waals surface area contributed by atoms with Crippen LogP contribution in [0, 0.1) is 0 Å². The Bertz CT molecular complexity index is 313. The van der Waals surface area contributed by atoms with Gasteiger partial charge in [0.25, 0.3) is 0 Å². The molecule has 1 saturated carbocycles. The third-order valence-electron chi connectivity index (χ3n) is 3.12. The number of aromatic nitrogens is 2. The Morgan fingerprint density at radius 1 is 1.44 bits per heavy atom. The number of likely N-dealkylation sites (N-methyl/N-ethyl adjacent to an activating group) is 1. The first-order valence-corrected chi connectivity index (χ1v) is 6.19. The molecule has 1 aliphatic rings. The van der Waals surface area contributed by atoms with E-state index in [2.05, 4.69) is 41.7 Å². The fourth-order valence-corrected chi connectivity index (χ4v) is 2.14. The van der Waals surface area contributed by atoms with Crippen LogP contribution in [0.4, 0.5) is 5.82 Å². The fourth-order valence-electron chi connectivity index (χ4n) is 2.14. The van der Waals surface area contributed by atoms with Gasteiger partial charge in [0.15, 0.2) is 0 Å². The molecule has 0 aliphatic heterocycles. The molecule has 1 aliphatic carbocycles. The quantitative estimate of drug-likeness (QED) is 0.824. The molecule has 90 valence electrons. The van der Waals surface area contributed by atoms with Gasteiger partial charge in [0, 0.05) is 24.8 Å². The minimum absolute atomic E-state index is 0.650.